The molecule has 7 heteroatoms. The van der Waals surface area contributed by atoms with Gasteiger partial charge in [0.25, 0.3) is 8.05 Å². The van der Waals surface area contributed by atoms with Gasteiger partial charge in [0.15, 0.2) is 0 Å². The summed E-state index contributed by atoms with van der Waals surface area (Å²) in [6.45, 7) is 0. The van der Waals surface area contributed by atoms with Crippen LogP contribution in [0.4, 0.5) is 5.82 Å². The molecule has 0 bridgehead atoms. The van der Waals surface area contributed by atoms with Crippen LogP contribution in [0.25, 0.3) is 0 Å². The Balaban J connectivity index is 2.90. The van der Waals surface area contributed by atoms with E-state index in [0.29, 0.717) is 5.59 Å². The Morgan fingerprint density at radius 3 is 2.91 bits per heavy atom. The van der Waals surface area contributed by atoms with Crippen LogP contribution in [0.3, 0.4) is 0 Å². The van der Waals surface area contributed by atoms with Gasteiger partial charge >= 0.3 is 7.48 Å². The maximum atomic E-state index is 5.39. The first kappa shape index (κ1) is 8.13. The third-order valence-corrected chi connectivity index (χ3v) is 1.03. The average molecular weight is 142 g/mol. The molecule has 5 radical (unpaired) electrons. The molecule has 49 valence electrons. The first-order chi connectivity index (χ1) is 5.24. The van der Waals surface area contributed by atoms with Gasteiger partial charge < -0.3 is 10.3 Å². The molecule has 11 heavy (non-hydrogen) atoms. The molecule has 0 aliphatic carbocycles. The summed E-state index contributed by atoms with van der Waals surface area (Å²) in [5.74, 6) is 0.190. The summed E-state index contributed by atoms with van der Waals surface area (Å²) in [5.41, 5.74) is 6.01. The lowest BCUT2D eigenvalue weighted by Gasteiger charge is -2.01. The number of rotatable bonds is 2. The monoisotopic (exact) mass is 142 g/mol. The highest BCUT2D eigenvalue weighted by Gasteiger charge is 2.02. The molecule has 0 aliphatic heterocycles. The Bertz CT molecular complexity index is 256. The number of nitrogens with two attached hydrogens (primary N) is 1. The molecule has 0 spiro atoms. The van der Waals surface area contributed by atoms with E-state index in [0.717, 1.165) is 0 Å². The van der Waals surface area contributed by atoms with Gasteiger partial charge in [-0.1, -0.05) is 0 Å². The number of hydrogen-bond donors (Lipinski definition) is 1. The van der Waals surface area contributed by atoms with Crippen molar-refractivity contribution in [1.82, 2.24) is 9.97 Å². The Labute approximate surface area is 67.7 Å². The van der Waals surface area contributed by atoms with Gasteiger partial charge in [0.1, 0.15) is 13.7 Å². The SMILES string of the molecule is [B]O[B]c1ncc([B])nc1N. The van der Waals surface area contributed by atoms with Crippen molar-refractivity contribution in [3.8, 4) is 0 Å². The second-order valence-electron chi connectivity index (χ2n) is 1.82. The van der Waals surface area contributed by atoms with Gasteiger partial charge in [0, 0.05) is 11.8 Å². The third-order valence-electron chi connectivity index (χ3n) is 1.03. The average Bonchev–Trinajstić information content (AvgIpc) is 1.95. The molecule has 0 saturated carbocycles. The minimum absolute atomic E-state index is 0.190. The van der Waals surface area contributed by atoms with Gasteiger partial charge in [-0.15, -0.1) is 0 Å². The lowest BCUT2D eigenvalue weighted by Crippen LogP contribution is -2.29. The quantitative estimate of drug-likeness (QED) is 0.452. The number of nitrogen functional groups attached to an aromatic ring is 1. The topological polar surface area (TPSA) is 61.0 Å². The summed E-state index contributed by atoms with van der Waals surface area (Å²) in [4.78, 5) is 7.51. The van der Waals surface area contributed by atoms with Crippen molar-refractivity contribution in [3.63, 3.8) is 0 Å². The van der Waals surface area contributed by atoms with Crippen molar-refractivity contribution in [3.05, 3.63) is 6.20 Å². The Hall–Kier alpha value is -0.965. The zero-order chi connectivity index (χ0) is 8.27. The smallest absolute Gasteiger partial charge is 0.339 e. The maximum Gasteiger partial charge on any atom is 0.339 e. The molecule has 1 heterocycles. The van der Waals surface area contributed by atoms with E-state index < -0.39 is 0 Å². The van der Waals surface area contributed by atoms with Crippen LogP contribution in [0.1, 0.15) is 0 Å². The summed E-state index contributed by atoms with van der Waals surface area (Å²) < 4.78 is 4.20. The number of aromatic nitrogens is 2. The molecule has 0 unspecified atom stereocenters. The fraction of sp³-hybridized carbons (Fsp3) is 0. The number of anilines is 1. The largest absolute Gasteiger partial charge is 0.505 e. The van der Waals surface area contributed by atoms with Crippen LogP contribution >= 0.6 is 0 Å². The molecule has 2 N–H and O–H groups in total. The first-order valence-corrected chi connectivity index (χ1v) is 2.81. The van der Waals surface area contributed by atoms with Crippen LogP contribution < -0.4 is 16.9 Å². The fourth-order valence-corrected chi connectivity index (χ4v) is 0.582. The van der Waals surface area contributed by atoms with Crippen molar-refractivity contribution in [2.24, 2.45) is 0 Å². The normalized spacial score (nSPS) is 9.45. The van der Waals surface area contributed by atoms with Gasteiger partial charge in [0.05, 0.1) is 5.59 Å². The number of nitrogens with zero attached hydrogens (tertiary/aromatic N) is 2. The van der Waals surface area contributed by atoms with Crippen LogP contribution in [0.15, 0.2) is 6.20 Å². The molecule has 0 fully saturated rings. The van der Waals surface area contributed by atoms with E-state index in [1.807, 2.05) is 0 Å². The van der Waals surface area contributed by atoms with E-state index in [2.05, 4.69) is 14.5 Å². The Morgan fingerprint density at radius 1 is 1.64 bits per heavy atom. The highest BCUT2D eigenvalue weighted by molar-refractivity contribution is 6.51. The molecular formula is C4H3B3N3O. The molecule has 0 amide bonds. The minimum Gasteiger partial charge on any atom is -0.505 e. The summed E-state index contributed by atoms with van der Waals surface area (Å²) in [7, 11) is 11.2. The van der Waals surface area contributed by atoms with Crippen molar-refractivity contribution >= 4 is 40.4 Å². The van der Waals surface area contributed by atoms with Crippen LogP contribution in [0.2, 0.25) is 0 Å². The Kier molecular flexibility index (Phi) is 2.54. The van der Waals surface area contributed by atoms with Gasteiger partial charge in [-0.05, 0) is 0 Å². The van der Waals surface area contributed by atoms with E-state index >= 15 is 0 Å². The van der Waals surface area contributed by atoms with Crippen molar-refractivity contribution in [2.45, 2.75) is 0 Å². The summed E-state index contributed by atoms with van der Waals surface area (Å²) >= 11 is 0. The maximum absolute atomic E-state index is 5.39. The standard InChI is InChI=1S/C4H3B3N3O/c5-2-1-9-3(7-11-6)4(8)10-2/h1H,(H2,8,10). The van der Waals surface area contributed by atoms with Crippen LogP contribution in [-0.4, -0.2) is 33.3 Å². The molecule has 0 aromatic carbocycles. The van der Waals surface area contributed by atoms with Gasteiger partial charge in [-0.25, -0.2) is 4.98 Å². The molecule has 4 nitrogen and oxygen atoms in total. The van der Waals surface area contributed by atoms with Crippen LogP contribution in [-0.2, 0) is 4.57 Å². The van der Waals surface area contributed by atoms with Crippen molar-refractivity contribution < 1.29 is 4.57 Å². The molecule has 1 rings (SSSR count). The third kappa shape index (κ3) is 1.98. The molecule has 0 atom stereocenters. The van der Waals surface area contributed by atoms with E-state index in [1.165, 1.54) is 13.7 Å². The van der Waals surface area contributed by atoms with Crippen molar-refractivity contribution in [2.75, 3.05) is 5.73 Å². The minimum atomic E-state index is 0.190. The van der Waals surface area contributed by atoms with Gasteiger partial charge in [-0.2, -0.15) is 0 Å². The zero-order valence-corrected chi connectivity index (χ0v) is 5.69. The number of hydrogen-bond acceptors (Lipinski definition) is 4. The van der Waals surface area contributed by atoms with Gasteiger partial charge in [-0.3, -0.25) is 4.98 Å². The molecule has 0 aliphatic rings. The zero-order valence-electron chi connectivity index (χ0n) is 5.69. The second-order valence-corrected chi connectivity index (χ2v) is 1.82. The predicted octanol–water partition coefficient (Wildman–Crippen LogP) is -2.80. The van der Waals surface area contributed by atoms with Crippen LogP contribution in [0.5, 0.6) is 0 Å². The lowest BCUT2D eigenvalue weighted by molar-refractivity contribution is 0.675. The Morgan fingerprint density at radius 2 is 2.36 bits per heavy atom. The van der Waals surface area contributed by atoms with E-state index in [9.17, 15) is 0 Å². The molecular weight excluding hydrogens is 138 g/mol. The molecule has 0 saturated heterocycles. The predicted molar refractivity (Wildman–Crippen MR) is 44.1 cm³/mol. The second kappa shape index (κ2) is 3.43. The molecule has 1 aromatic heterocycles. The van der Waals surface area contributed by atoms with E-state index in [4.69, 9.17) is 21.6 Å². The lowest BCUT2D eigenvalue weighted by atomic mass is 9.93. The molecule has 1 aromatic rings. The fourth-order valence-electron chi connectivity index (χ4n) is 0.582. The highest BCUT2D eigenvalue weighted by Crippen LogP contribution is 1.82. The summed E-state index contributed by atoms with van der Waals surface area (Å²) in [5, 5.41) is 0. The van der Waals surface area contributed by atoms with E-state index in [-0.39, 0.29) is 11.4 Å². The van der Waals surface area contributed by atoms with Crippen molar-refractivity contribution in [1.29, 1.82) is 0 Å². The van der Waals surface area contributed by atoms with E-state index in [1.54, 1.807) is 0 Å². The van der Waals surface area contributed by atoms with Crippen LogP contribution in [0, 0.1) is 0 Å². The summed E-state index contributed by atoms with van der Waals surface area (Å²) in [6.07, 6.45) is 1.36. The first-order valence-electron chi connectivity index (χ1n) is 2.81. The van der Waals surface area contributed by atoms with Gasteiger partial charge in [0.2, 0.25) is 0 Å². The highest BCUT2D eigenvalue weighted by atomic mass is 16.4. The summed E-state index contributed by atoms with van der Waals surface area (Å²) in [6, 6.07) is 0.